The van der Waals surface area contributed by atoms with Crippen LogP contribution >= 0.6 is 0 Å². The Morgan fingerprint density at radius 2 is 1.60 bits per heavy atom. The average Bonchev–Trinajstić information content (AvgIpc) is 2.53. The Kier molecular flexibility index (Phi) is 5.13. The zero-order valence-electron chi connectivity index (χ0n) is 11.6. The molecule has 0 heterocycles. The molecule has 0 aliphatic rings. The molecule has 0 radical (unpaired) electrons. The third kappa shape index (κ3) is 3.81. The van der Waals surface area contributed by atoms with E-state index in [0.717, 1.165) is 23.3 Å². The van der Waals surface area contributed by atoms with Crippen molar-refractivity contribution in [2.45, 2.75) is 25.6 Å². The first-order chi connectivity index (χ1) is 9.72. The van der Waals surface area contributed by atoms with E-state index in [0.29, 0.717) is 12.0 Å². The number of aliphatic hydroxyl groups excluding tert-OH is 1. The number of methoxy groups -OCH3 is 1. The number of hydrogen-bond donors (Lipinski definition) is 1. The minimum absolute atomic E-state index is 0.436. The number of benzene rings is 2. The summed E-state index contributed by atoms with van der Waals surface area (Å²) in [6, 6.07) is 14.8. The fourth-order valence-corrected chi connectivity index (χ4v) is 2.09. The van der Waals surface area contributed by atoms with Crippen molar-refractivity contribution in [3.63, 3.8) is 0 Å². The van der Waals surface area contributed by atoms with Crippen molar-refractivity contribution >= 4 is 0 Å². The molecule has 3 heteroatoms. The number of halogens is 1. The Balaban J connectivity index is 1.91. The SMILES string of the molecule is COc1ccc(C(O)CCc2ccc(CF)cc2)cc1. The van der Waals surface area contributed by atoms with Gasteiger partial charge in [-0.3, -0.25) is 0 Å². The summed E-state index contributed by atoms with van der Waals surface area (Å²) in [7, 11) is 1.62. The molecule has 0 aromatic heterocycles. The number of alkyl halides is 1. The van der Waals surface area contributed by atoms with Gasteiger partial charge in [0.15, 0.2) is 0 Å². The average molecular weight is 274 g/mol. The number of aliphatic hydroxyl groups is 1. The summed E-state index contributed by atoms with van der Waals surface area (Å²) in [5, 5.41) is 10.1. The highest BCUT2D eigenvalue weighted by molar-refractivity contribution is 5.28. The smallest absolute Gasteiger partial charge is 0.118 e. The van der Waals surface area contributed by atoms with Gasteiger partial charge in [-0.05, 0) is 41.7 Å². The van der Waals surface area contributed by atoms with Crippen LogP contribution in [0.4, 0.5) is 4.39 Å². The monoisotopic (exact) mass is 274 g/mol. The highest BCUT2D eigenvalue weighted by atomic mass is 19.1. The van der Waals surface area contributed by atoms with Gasteiger partial charge in [-0.15, -0.1) is 0 Å². The Bertz CT molecular complexity index is 520. The van der Waals surface area contributed by atoms with Gasteiger partial charge in [0.05, 0.1) is 13.2 Å². The largest absolute Gasteiger partial charge is 0.497 e. The van der Waals surface area contributed by atoms with E-state index in [2.05, 4.69) is 0 Å². The fraction of sp³-hybridized carbons (Fsp3) is 0.294. The summed E-state index contributed by atoms with van der Waals surface area (Å²) in [6.07, 6.45) is 0.905. The van der Waals surface area contributed by atoms with E-state index in [1.54, 1.807) is 19.2 Å². The lowest BCUT2D eigenvalue weighted by Gasteiger charge is -2.11. The standard InChI is InChI=1S/C17H19FO2/c1-20-16-9-7-15(8-10-16)17(19)11-6-13-2-4-14(12-18)5-3-13/h2-5,7-10,17,19H,6,11-12H2,1H3. The van der Waals surface area contributed by atoms with Crippen molar-refractivity contribution < 1.29 is 14.2 Å². The van der Waals surface area contributed by atoms with Gasteiger partial charge >= 0.3 is 0 Å². The number of aryl methyl sites for hydroxylation is 1. The van der Waals surface area contributed by atoms with E-state index in [1.807, 2.05) is 36.4 Å². The molecule has 0 saturated heterocycles. The second-order valence-corrected chi connectivity index (χ2v) is 4.78. The van der Waals surface area contributed by atoms with E-state index >= 15 is 0 Å². The summed E-state index contributed by atoms with van der Waals surface area (Å²) < 4.78 is 17.5. The third-order valence-electron chi connectivity index (χ3n) is 3.38. The maximum absolute atomic E-state index is 12.4. The maximum Gasteiger partial charge on any atom is 0.118 e. The van der Waals surface area contributed by atoms with Crippen LogP contribution in [0.5, 0.6) is 5.75 Å². The predicted molar refractivity (Wildman–Crippen MR) is 77.5 cm³/mol. The molecular weight excluding hydrogens is 255 g/mol. The summed E-state index contributed by atoms with van der Waals surface area (Å²) in [4.78, 5) is 0. The zero-order valence-corrected chi connectivity index (χ0v) is 11.6. The van der Waals surface area contributed by atoms with Crippen molar-refractivity contribution in [2.24, 2.45) is 0 Å². The zero-order chi connectivity index (χ0) is 14.4. The Morgan fingerprint density at radius 1 is 1.00 bits per heavy atom. The fourth-order valence-electron chi connectivity index (χ4n) is 2.09. The van der Waals surface area contributed by atoms with Gasteiger partial charge in [-0.25, -0.2) is 4.39 Å². The molecule has 0 bridgehead atoms. The molecule has 0 spiro atoms. The first kappa shape index (κ1) is 14.5. The second-order valence-electron chi connectivity index (χ2n) is 4.78. The van der Waals surface area contributed by atoms with Gasteiger partial charge in [-0.1, -0.05) is 36.4 Å². The van der Waals surface area contributed by atoms with Gasteiger partial charge < -0.3 is 9.84 Å². The van der Waals surface area contributed by atoms with Crippen LogP contribution in [0.15, 0.2) is 48.5 Å². The molecule has 0 amide bonds. The normalized spacial score (nSPS) is 12.2. The van der Waals surface area contributed by atoms with Crippen LogP contribution in [-0.4, -0.2) is 12.2 Å². The first-order valence-electron chi connectivity index (χ1n) is 6.68. The highest BCUT2D eigenvalue weighted by Crippen LogP contribution is 2.21. The van der Waals surface area contributed by atoms with Gasteiger partial charge in [-0.2, -0.15) is 0 Å². The van der Waals surface area contributed by atoms with E-state index in [-0.39, 0.29) is 0 Å². The molecule has 1 unspecified atom stereocenters. The summed E-state index contributed by atoms with van der Waals surface area (Å²) in [5.41, 5.74) is 2.67. The minimum atomic E-state index is -0.498. The van der Waals surface area contributed by atoms with E-state index in [1.165, 1.54) is 0 Å². The minimum Gasteiger partial charge on any atom is -0.497 e. The van der Waals surface area contributed by atoms with Crippen LogP contribution in [0.2, 0.25) is 0 Å². The molecule has 2 rings (SSSR count). The first-order valence-corrected chi connectivity index (χ1v) is 6.68. The molecular formula is C17H19FO2. The van der Waals surface area contributed by atoms with Crippen molar-refractivity contribution in [3.05, 3.63) is 65.2 Å². The van der Waals surface area contributed by atoms with Gasteiger partial charge in [0.2, 0.25) is 0 Å². The molecule has 106 valence electrons. The van der Waals surface area contributed by atoms with Crippen LogP contribution in [0.25, 0.3) is 0 Å². The Morgan fingerprint density at radius 3 is 2.15 bits per heavy atom. The van der Waals surface area contributed by atoms with Crippen molar-refractivity contribution in [3.8, 4) is 5.75 Å². The number of rotatable bonds is 6. The molecule has 2 nitrogen and oxygen atoms in total. The summed E-state index contributed by atoms with van der Waals surface area (Å²) in [6.45, 7) is -0.436. The van der Waals surface area contributed by atoms with Crippen molar-refractivity contribution in [1.29, 1.82) is 0 Å². The Hall–Kier alpha value is -1.87. The molecule has 2 aromatic rings. The van der Waals surface area contributed by atoms with Gasteiger partial charge in [0.25, 0.3) is 0 Å². The molecule has 0 saturated carbocycles. The quantitative estimate of drug-likeness (QED) is 0.867. The van der Waals surface area contributed by atoms with Crippen LogP contribution in [0.3, 0.4) is 0 Å². The topological polar surface area (TPSA) is 29.5 Å². The van der Waals surface area contributed by atoms with E-state index < -0.39 is 12.8 Å². The molecule has 1 N–H and O–H groups in total. The summed E-state index contributed by atoms with van der Waals surface area (Å²) >= 11 is 0. The Labute approximate surface area is 118 Å². The van der Waals surface area contributed by atoms with Gasteiger partial charge in [0.1, 0.15) is 12.4 Å². The molecule has 0 aliphatic carbocycles. The lowest BCUT2D eigenvalue weighted by atomic mass is 10.0. The molecule has 20 heavy (non-hydrogen) atoms. The van der Waals surface area contributed by atoms with Crippen LogP contribution in [0, 0.1) is 0 Å². The third-order valence-corrected chi connectivity index (χ3v) is 3.38. The van der Waals surface area contributed by atoms with Crippen molar-refractivity contribution in [1.82, 2.24) is 0 Å². The van der Waals surface area contributed by atoms with Crippen molar-refractivity contribution in [2.75, 3.05) is 7.11 Å². The summed E-state index contributed by atoms with van der Waals surface area (Å²) in [5.74, 6) is 0.780. The molecule has 2 aromatic carbocycles. The molecule has 1 atom stereocenters. The number of ether oxygens (including phenoxy) is 1. The van der Waals surface area contributed by atoms with Crippen LogP contribution in [0.1, 0.15) is 29.2 Å². The van der Waals surface area contributed by atoms with Gasteiger partial charge in [0, 0.05) is 0 Å². The predicted octanol–water partition coefficient (Wildman–Crippen LogP) is 3.83. The molecule has 0 aliphatic heterocycles. The second kappa shape index (κ2) is 7.06. The lowest BCUT2D eigenvalue weighted by molar-refractivity contribution is 0.168. The van der Waals surface area contributed by atoms with E-state index in [9.17, 15) is 9.50 Å². The van der Waals surface area contributed by atoms with Crippen LogP contribution in [-0.2, 0) is 13.1 Å². The van der Waals surface area contributed by atoms with Crippen LogP contribution < -0.4 is 4.74 Å². The number of hydrogen-bond acceptors (Lipinski definition) is 2. The highest BCUT2D eigenvalue weighted by Gasteiger charge is 2.08. The lowest BCUT2D eigenvalue weighted by Crippen LogP contribution is -2.00. The maximum atomic E-state index is 12.4. The van der Waals surface area contributed by atoms with E-state index in [4.69, 9.17) is 4.74 Å². The molecule has 0 fully saturated rings.